The molecule has 3 aromatic rings. The highest BCUT2D eigenvalue weighted by Crippen LogP contribution is 2.27. The van der Waals surface area contributed by atoms with Crippen molar-refractivity contribution < 1.29 is 9.53 Å². The van der Waals surface area contributed by atoms with E-state index in [1.165, 1.54) is 11.8 Å². The molecule has 2 aromatic carbocycles. The fourth-order valence-electron chi connectivity index (χ4n) is 2.62. The summed E-state index contributed by atoms with van der Waals surface area (Å²) >= 11 is 1.48. The Hall–Kier alpha value is -3.06. The molecule has 0 fully saturated rings. The van der Waals surface area contributed by atoms with E-state index in [1.54, 1.807) is 18.5 Å². The molecule has 0 radical (unpaired) electrons. The molecule has 0 unspecified atom stereocenters. The molecule has 7 heteroatoms. The molecule has 0 bridgehead atoms. The minimum atomic E-state index is -0.226. The van der Waals surface area contributed by atoms with Crippen molar-refractivity contribution in [3.05, 3.63) is 72.1 Å². The van der Waals surface area contributed by atoms with Crippen molar-refractivity contribution in [3.8, 4) is 5.75 Å². The van der Waals surface area contributed by atoms with Gasteiger partial charge in [-0.25, -0.2) is 14.8 Å². The Morgan fingerprint density at radius 2 is 1.90 bits per heavy atom. The first-order valence-electron chi connectivity index (χ1n) is 9.40. The summed E-state index contributed by atoms with van der Waals surface area (Å²) in [6.45, 7) is 5.08. The molecule has 0 aliphatic heterocycles. The van der Waals surface area contributed by atoms with Gasteiger partial charge in [0.05, 0.1) is 6.61 Å². The highest BCUT2D eigenvalue weighted by molar-refractivity contribution is 7.99. The van der Waals surface area contributed by atoms with Gasteiger partial charge in [-0.1, -0.05) is 12.1 Å². The van der Waals surface area contributed by atoms with Crippen molar-refractivity contribution in [2.45, 2.75) is 30.3 Å². The zero-order valence-corrected chi connectivity index (χ0v) is 17.3. The van der Waals surface area contributed by atoms with Crippen molar-refractivity contribution in [2.24, 2.45) is 0 Å². The SMILES string of the molecule is Cc1cccc(OCCCNC(=O)Nc2ccc(Sc3ncccn3)cc2C)c1. The standard InChI is InChI=1S/C22H24N4O2S/c1-16-6-3-7-18(14-16)28-13-5-12-23-21(27)26-20-9-8-19(15-17(20)2)29-22-24-10-4-11-25-22/h3-4,6-11,14-15H,5,12-13H2,1-2H3,(H2,23,26,27). The zero-order chi connectivity index (χ0) is 20.5. The normalized spacial score (nSPS) is 10.4. The average molecular weight is 409 g/mol. The predicted octanol–water partition coefficient (Wildman–Crippen LogP) is 4.84. The number of hydrogen-bond acceptors (Lipinski definition) is 5. The Bertz CT molecular complexity index is 951. The molecular weight excluding hydrogens is 384 g/mol. The van der Waals surface area contributed by atoms with E-state index < -0.39 is 0 Å². The summed E-state index contributed by atoms with van der Waals surface area (Å²) in [6.07, 6.45) is 4.16. The summed E-state index contributed by atoms with van der Waals surface area (Å²) in [6, 6.07) is 15.3. The summed E-state index contributed by atoms with van der Waals surface area (Å²) < 4.78 is 5.68. The van der Waals surface area contributed by atoms with Gasteiger partial charge in [-0.2, -0.15) is 0 Å². The number of carbonyl (C=O) groups is 1. The lowest BCUT2D eigenvalue weighted by molar-refractivity contribution is 0.250. The van der Waals surface area contributed by atoms with Gasteiger partial charge >= 0.3 is 6.03 Å². The van der Waals surface area contributed by atoms with Crippen LogP contribution in [0.25, 0.3) is 0 Å². The number of aryl methyl sites for hydroxylation is 2. The summed E-state index contributed by atoms with van der Waals surface area (Å²) in [4.78, 5) is 21.6. The molecule has 6 nitrogen and oxygen atoms in total. The van der Waals surface area contributed by atoms with Crippen LogP contribution in [0.15, 0.2) is 71.0 Å². The van der Waals surface area contributed by atoms with Crippen molar-refractivity contribution in [2.75, 3.05) is 18.5 Å². The van der Waals surface area contributed by atoms with Gasteiger partial charge in [0.1, 0.15) is 5.75 Å². The maximum absolute atomic E-state index is 12.1. The number of urea groups is 1. The topological polar surface area (TPSA) is 76.1 Å². The van der Waals surface area contributed by atoms with Crippen LogP contribution < -0.4 is 15.4 Å². The van der Waals surface area contributed by atoms with Crippen LogP contribution in [0.5, 0.6) is 5.75 Å². The predicted molar refractivity (Wildman–Crippen MR) is 116 cm³/mol. The van der Waals surface area contributed by atoms with Gasteiger partial charge in [0, 0.05) is 29.5 Å². The van der Waals surface area contributed by atoms with Crippen molar-refractivity contribution in [1.82, 2.24) is 15.3 Å². The van der Waals surface area contributed by atoms with Crippen LogP contribution in [-0.2, 0) is 0 Å². The van der Waals surface area contributed by atoms with E-state index in [-0.39, 0.29) is 6.03 Å². The first kappa shape index (κ1) is 20.7. The number of nitrogens with one attached hydrogen (secondary N) is 2. The third-order valence-corrected chi connectivity index (χ3v) is 4.95. The molecule has 2 amide bonds. The number of ether oxygens (including phenoxy) is 1. The van der Waals surface area contributed by atoms with Crippen molar-refractivity contribution in [1.29, 1.82) is 0 Å². The second-order valence-electron chi connectivity index (χ2n) is 6.51. The second kappa shape index (κ2) is 10.5. The van der Waals surface area contributed by atoms with E-state index in [4.69, 9.17) is 4.74 Å². The fourth-order valence-corrected chi connectivity index (χ4v) is 3.43. The van der Waals surface area contributed by atoms with Gasteiger partial charge < -0.3 is 15.4 Å². The van der Waals surface area contributed by atoms with E-state index in [1.807, 2.05) is 56.3 Å². The molecule has 0 saturated heterocycles. The Labute approximate surface area is 175 Å². The maximum atomic E-state index is 12.1. The summed E-state index contributed by atoms with van der Waals surface area (Å²) in [5.74, 6) is 0.851. The minimum absolute atomic E-state index is 0.226. The van der Waals surface area contributed by atoms with Crippen LogP contribution in [0.3, 0.4) is 0 Å². The molecule has 0 aliphatic carbocycles. The Morgan fingerprint density at radius 1 is 1.07 bits per heavy atom. The third kappa shape index (κ3) is 6.80. The van der Waals surface area contributed by atoms with Crippen LogP contribution in [0, 0.1) is 13.8 Å². The van der Waals surface area contributed by atoms with E-state index in [0.717, 1.165) is 33.9 Å². The van der Waals surface area contributed by atoms with Crippen molar-refractivity contribution >= 4 is 23.5 Å². The third-order valence-electron chi connectivity index (χ3n) is 4.06. The molecule has 1 heterocycles. The van der Waals surface area contributed by atoms with Gasteiger partial charge in [-0.05, 0) is 79.6 Å². The monoisotopic (exact) mass is 408 g/mol. The summed E-state index contributed by atoms with van der Waals surface area (Å²) in [7, 11) is 0. The highest BCUT2D eigenvalue weighted by Gasteiger charge is 2.07. The molecule has 0 atom stereocenters. The van der Waals surface area contributed by atoms with Gasteiger partial charge in [0.2, 0.25) is 0 Å². The van der Waals surface area contributed by atoms with Gasteiger partial charge in [0.25, 0.3) is 0 Å². The Morgan fingerprint density at radius 3 is 2.66 bits per heavy atom. The smallest absolute Gasteiger partial charge is 0.319 e. The van der Waals surface area contributed by atoms with E-state index >= 15 is 0 Å². The van der Waals surface area contributed by atoms with Crippen LogP contribution >= 0.6 is 11.8 Å². The van der Waals surface area contributed by atoms with Crippen LogP contribution in [0.2, 0.25) is 0 Å². The van der Waals surface area contributed by atoms with E-state index in [2.05, 4.69) is 20.6 Å². The highest BCUT2D eigenvalue weighted by atomic mass is 32.2. The average Bonchev–Trinajstić information content (AvgIpc) is 2.71. The first-order chi connectivity index (χ1) is 14.1. The van der Waals surface area contributed by atoms with Crippen molar-refractivity contribution in [3.63, 3.8) is 0 Å². The molecule has 3 rings (SSSR count). The maximum Gasteiger partial charge on any atom is 0.319 e. The first-order valence-corrected chi connectivity index (χ1v) is 10.2. The number of hydrogen-bond donors (Lipinski definition) is 2. The van der Waals surface area contributed by atoms with Gasteiger partial charge in [-0.15, -0.1) is 0 Å². The largest absolute Gasteiger partial charge is 0.494 e. The number of anilines is 1. The molecule has 150 valence electrons. The lowest BCUT2D eigenvalue weighted by Gasteiger charge is -2.11. The lowest BCUT2D eigenvalue weighted by atomic mass is 10.2. The Balaban J connectivity index is 1.40. The number of aromatic nitrogens is 2. The number of benzene rings is 2. The molecule has 0 saturated carbocycles. The second-order valence-corrected chi connectivity index (χ2v) is 7.55. The quantitative estimate of drug-likeness (QED) is 0.412. The molecule has 0 aliphatic rings. The number of amides is 2. The molecule has 2 N–H and O–H groups in total. The lowest BCUT2D eigenvalue weighted by Crippen LogP contribution is -2.30. The summed E-state index contributed by atoms with van der Waals surface area (Å²) in [5.41, 5.74) is 2.91. The van der Waals surface area contributed by atoms with Gasteiger partial charge in [0.15, 0.2) is 5.16 Å². The number of nitrogens with zero attached hydrogens (tertiary/aromatic N) is 2. The van der Waals surface area contributed by atoms with E-state index in [0.29, 0.717) is 18.3 Å². The molecule has 1 aromatic heterocycles. The Kier molecular flexibility index (Phi) is 7.47. The molecular formula is C22H24N4O2S. The van der Waals surface area contributed by atoms with E-state index in [9.17, 15) is 4.79 Å². The fraction of sp³-hybridized carbons (Fsp3) is 0.227. The number of rotatable bonds is 8. The minimum Gasteiger partial charge on any atom is -0.494 e. The van der Waals surface area contributed by atoms with Crippen LogP contribution in [-0.4, -0.2) is 29.2 Å². The number of carbonyl (C=O) groups excluding carboxylic acids is 1. The zero-order valence-electron chi connectivity index (χ0n) is 16.5. The van der Waals surface area contributed by atoms with Crippen LogP contribution in [0.1, 0.15) is 17.5 Å². The van der Waals surface area contributed by atoms with Crippen LogP contribution in [0.4, 0.5) is 10.5 Å². The summed E-state index contributed by atoms with van der Waals surface area (Å²) in [5, 5.41) is 6.43. The van der Waals surface area contributed by atoms with Gasteiger partial charge in [-0.3, -0.25) is 0 Å². The molecule has 29 heavy (non-hydrogen) atoms. The molecule has 0 spiro atoms.